The molecular formula is C13H17Cl2NO2. The maximum Gasteiger partial charge on any atom is 0.0874 e. The molecule has 0 aliphatic carbocycles. The summed E-state index contributed by atoms with van der Waals surface area (Å²) in [6.07, 6.45) is 0.795. The van der Waals surface area contributed by atoms with Crippen molar-refractivity contribution in [2.75, 3.05) is 19.8 Å². The van der Waals surface area contributed by atoms with E-state index in [0.29, 0.717) is 35.4 Å². The standard InChI is InChI=1S/C13H17Cl2NO2/c14-9-1-2-10(11(15)7-9)12(17)13(8-16)3-5-18-6-4-13/h1-2,7,12,17H,3-6,8,16H2. The van der Waals surface area contributed by atoms with Gasteiger partial charge in [0.25, 0.3) is 0 Å². The second-order valence-electron chi connectivity index (χ2n) is 4.75. The fraction of sp³-hybridized carbons (Fsp3) is 0.538. The van der Waals surface area contributed by atoms with E-state index in [1.54, 1.807) is 18.2 Å². The van der Waals surface area contributed by atoms with Crippen molar-refractivity contribution in [2.24, 2.45) is 11.1 Å². The molecule has 1 aliphatic rings. The first-order valence-electron chi connectivity index (χ1n) is 6.00. The zero-order chi connectivity index (χ0) is 13.2. The lowest BCUT2D eigenvalue weighted by atomic mass is 9.73. The van der Waals surface area contributed by atoms with Gasteiger partial charge in [0.15, 0.2) is 0 Å². The minimum atomic E-state index is -0.684. The van der Waals surface area contributed by atoms with Gasteiger partial charge in [-0.3, -0.25) is 0 Å². The van der Waals surface area contributed by atoms with Gasteiger partial charge in [0.2, 0.25) is 0 Å². The predicted octanol–water partition coefficient (Wildman–Crippen LogP) is 2.78. The summed E-state index contributed by atoms with van der Waals surface area (Å²) in [6, 6.07) is 5.14. The minimum absolute atomic E-state index is 0.351. The van der Waals surface area contributed by atoms with Gasteiger partial charge < -0.3 is 15.6 Å². The smallest absolute Gasteiger partial charge is 0.0874 e. The van der Waals surface area contributed by atoms with Crippen LogP contribution in [0.5, 0.6) is 0 Å². The number of aliphatic hydroxyl groups is 1. The Morgan fingerprint density at radius 2 is 2.00 bits per heavy atom. The molecule has 5 heteroatoms. The maximum atomic E-state index is 10.6. The molecule has 1 heterocycles. The Morgan fingerprint density at radius 1 is 1.33 bits per heavy atom. The van der Waals surface area contributed by atoms with Gasteiger partial charge in [-0.25, -0.2) is 0 Å². The van der Waals surface area contributed by atoms with Gasteiger partial charge in [-0.2, -0.15) is 0 Å². The minimum Gasteiger partial charge on any atom is -0.388 e. The first-order chi connectivity index (χ1) is 8.59. The molecule has 0 aromatic heterocycles. The van der Waals surface area contributed by atoms with Gasteiger partial charge in [0, 0.05) is 35.2 Å². The van der Waals surface area contributed by atoms with Crippen LogP contribution in [0.2, 0.25) is 10.0 Å². The summed E-state index contributed by atoms with van der Waals surface area (Å²) >= 11 is 12.0. The zero-order valence-electron chi connectivity index (χ0n) is 10.0. The van der Waals surface area contributed by atoms with E-state index in [9.17, 15) is 5.11 Å². The van der Waals surface area contributed by atoms with Crippen LogP contribution in [0.1, 0.15) is 24.5 Å². The first kappa shape index (κ1) is 14.1. The molecule has 0 bridgehead atoms. The average Bonchev–Trinajstić information content (AvgIpc) is 2.39. The molecule has 1 saturated heterocycles. The summed E-state index contributed by atoms with van der Waals surface area (Å²) in [4.78, 5) is 0. The summed E-state index contributed by atoms with van der Waals surface area (Å²) in [5, 5.41) is 11.6. The lowest BCUT2D eigenvalue weighted by molar-refractivity contribution is -0.0581. The molecular weight excluding hydrogens is 273 g/mol. The van der Waals surface area contributed by atoms with E-state index in [0.717, 1.165) is 12.8 Å². The number of hydrogen-bond donors (Lipinski definition) is 2. The van der Waals surface area contributed by atoms with E-state index in [4.69, 9.17) is 33.7 Å². The van der Waals surface area contributed by atoms with E-state index in [-0.39, 0.29) is 5.41 Å². The van der Waals surface area contributed by atoms with Crippen LogP contribution in [0.15, 0.2) is 18.2 Å². The number of halogens is 2. The van der Waals surface area contributed by atoms with E-state index in [1.807, 2.05) is 0 Å². The van der Waals surface area contributed by atoms with Crippen molar-refractivity contribution in [1.29, 1.82) is 0 Å². The van der Waals surface area contributed by atoms with Gasteiger partial charge in [-0.05, 0) is 30.5 Å². The fourth-order valence-corrected chi connectivity index (χ4v) is 2.93. The third kappa shape index (κ3) is 2.65. The largest absolute Gasteiger partial charge is 0.388 e. The average molecular weight is 290 g/mol. The molecule has 0 saturated carbocycles. The molecule has 1 fully saturated rings. The SMILES string of the molecule is NCC1(C(O)c2ccc(Cl)cc2Cl)CCOCC1. The van der Waals surface area contributed by atoms with Crippen molar-refractivity contribution in [1.82, 2.24) is 0 Å². The lowest BCUT2D eigenvalue weighted by Crippen LogP contribution is -2.41. The highest BCUT2D eigenvalue weighted by atomic mass is 35.5. The molecule has 3 nitrogen and oxygen atoms in total. The van der Waals surface area contributed by atoms with Crippen LogP contribution in [0.3, 0.4) is 0 Å². The van der Waals surface area contributed by atoms with Crippen molar-refractivity contribution in [3.63, 3.8) is 0 Å². The third-order valence-corrected chi connectivity index (χ3v) is 4.29. The zero-order valence-corrected chi connectivity index (χ0v) is 11.5. The topological polar surface area (TPSA) is 55.5 Å². The highest BCUT2D eigenvalue weighted by Crippen LogP contribution is 2.43. The van der Waals surface area contributed by atoms with E-state index >= 15 is 0 Å². The van der Waals surface area contributed by atoms with Crippen molar-refractivity contribution in [3.8, 4) is 0 Å². The molecule has 1 unspecified atom stereocenters. The Bertz CT molecular complexity index is 419. The Balaban J connectivity index is 2.30. The van der Waals surface area contributed by atoms with Crippen LogP contribution in [0.25, 0.3) is 0 Å². The van der Waals surface area contributed by atoms with Crippen molar-refractivity contribution < 1.29 is 9.84 Å². The normalized spacial score (nSPS) is 20.7. The second kappa shape index (κ2) is 5.76. The molecule has 1 atom stereocenters. The van der Waals surface area contributed by atoms with Crippen molar-refractivity contribution in [2.45, 2.75) is 18.9 Å². The number of ether oxygens (including phenoxy) is 1. The van der Waals surface area contributed by atoms with Crippen LogP contribution in [-0.2, 0) is 4.74 Å². The molecule has 2 rings (SSSR count). The molecule has 0 radical (unpaired) electrons. The lowest BCUT2D eigenvalue weighted by Gasteiger charge is -2.40. The van der Waals surface area contributed by atoms with Gasteiger partial charge in [-0.1, -0.05) is 29.3 Å². The van der Waals surface area contributed by atoms with Gasteiger partial charge in [0.1, 0.15) is 0 Å². The molecule has 18 heavy (non-hydrogen) atoms. The Hall–Kier alpha value is -0.320. The monoisotopic (exact) mass is 289 g/mol. The number of hydrogen-bond acceptors (Lipinski definition) is 3. The van der Waals surface area contributed by atoms with Crippen LogP contribution in [0, 0.1) is 5.41 Å². The summed E-state index contributed by atoms with van der Waals surface area (Å²) in [5.74, 6) is 0. The fourth-order valence-electron chi connectivity index (χ4n) is 2.42. The van der Waals surface area contributed by atoms with Crippen molar-refractivity contribution in [3.05, 3.63) is 33.8 Å². The summed E-state index contributed by atoms with van der Waals surface area (Å²) in [6.45, 7) is 1.66. The Kier molecular flexibility index (Phi) is 4.51. The summed E-state index contributed by atoms with van der Waals surface area (Å²) in [7, 11) is 0. The van der Waals surface area contributed by atoms with Gasteiger partial charge >= 0.3 is 0 Å². The summed E-state index contributed by atoms with van der Waals surface area (Å²) < 4.78 is 5.34. The maximum absolute atomic E-state index is 10.6. The van der Waals surface area contributed by atoms with E-state index < -0.39 is 6.10 Å². The van der Waals surface area contributed by atoms with Crippen LogP contribution in [-0.4, -0.2) is 24.9 Å². The number of nitrogens with two attached hydrogens (primary N) is 1. The number of benzene rings is 1. The molecule has 0 amide bonds. The predicted molar refractivity (Wildman–Crippen MR) is 73.0 cm³/mol. The quantitative estimate of drug-likeness (QED) is 0.900. The molecule has 0 spiro atoms. The molecule has 1 aromatic carbocycles. The van der Waals surface area contributed by atoms with E-state index in [1.165, 1.54) is 0 Å². The van der Waals surface area contributed by atoms with Crippen LogP contribution in [0.4, 0.5) is 0 Å². The highest BCUT2D eigenvalue weighted by molar-refractivity contribution is 6.35. The van der Waals surface area contributed by atoms with Gasteiger partial charge in [-0.15, -0.1) is 0 Å². The molecule has 1 aliphatic heterocycles. The Labute approximate surface area is 117 Å². The molecule has 100 valence electrons. The van der Waals surface area contributed by atoms with Gasteiger partial charge in [0.05, 0.1) is 6.10 Å². The molecule has 1 aromatic rings. The Morgan fingerprint density at radius 3 is 2.56 bits per heavy atom. The second-order valence-corrected chi connectivity index (χ2v) is 5.59. The number of aliphatic hydroxyl groups excluding tert-OH is 1. The highest BCUT2D eigenvalue weighted by Gasteiger charge is 2.39. The number of rotatable bonds is 3. The molecule has 3 N–H and O–H groups in total. The first-order valence-corrected chi connectivity index (χ1v) is 6.75. The van der Waals surface area contributed by atoms with Crippen molar-refractivity contribution >= 4 is 23.2 Å². The van der Waals surface area contributed by atoms with E-state index in [2.05, 4.69) is 0 Å². The van der Waals surface area contributed by atoms with Crippen LogP contribution >= 0.6 is 23.2 Å². The third-order valence-electron chi connectivity index (χ3n) is 3.73. The van der Waals surface area contributed by atoms with Crippen LogP contribution < -0.4 is 5.73 Å². The summed E-state index contributed by atoms with van der Waals surface area (Å²) in [5.41, 5.74) is 6.21.